The summed E-state index contributed by atoms with van der Waals surface area (Å²) in [6, 6.07) is 5.31. The number of hydrogen-bond acceptors (Lipinski definition) is 3. The van der Waals surface area contributed by atoms with E-state index in [9.17, 15) is 4.39 Å². The van der Waals surface area contributed by atoms with Crippen LogP contribution in [-0.4, -0.2) is 11.5 Å². The summed E-state index contributed by atoms with van der Waals surface area (Å²) < 4.78 is 13.7. The first-order valence-electron chi connectivity index (χ1n) is 5.77. The molecule has 0 saturated heterocycles. The Labute approximate surface area is 118 Å². The minimum absolute atomic E-state index is 0.165. The molecule has 0 fully saturated rings. The van der Waals surface area contributed by atoms with Crippen molar-refractivity contribution in [1.82, 2.24) is 10.3 Å². The lowest BCUT2D eigenvalue weighted by Crippen LogP contribution is -2.23. The van der Waals surface area contributed by atoms with Crippen molar-refractivity contribution in [3.05, 3.63) is 50.6 Å². The molecular formula is C13H14BrFN2S. The molecular weight excluding hydrogens is 315 g/mol. The molecule has 1 aromatic heterocycles. The summed E-state index contributed by atoms with van der Waals surface area (Å²) in [4.78, 5) is 4.30. The van der Waals surface area contributed by atoms with Crippen molar-refractivity contribution in [2.24, 2.45) is 0 Å². The predicted octanol–water partition coefficient (Wildman–Crippen LogP) is 3.94. The fourth-order valence-electron chi connectivity index (χ4n) is 1.81. The van der Waals surface area contributed by atoms with Gasteiger partial charge in [0.05, 0.1) is 9.48 Å². The van der Waals surface area contributed by atoms with Gasteiger partial charge in [-0.2, -0.15) is 0 Å². The van der Waals surface area contributed by atoms with Crippen LogP contribution in [0.4, 0.5) is 4.39 Å². The van der Waals surface area contributed by atoms with Gasteiger partial charge in [-0.3, -0.25) is 0 Å². The largest absolute Gasteiger partial charge is 0.310 e. The average Bonchev–Trinajstić information content (AvgIpc) is 2.85. The van der Waals surface area contributed by atoms with Gasteiger partial charge in [-0.05, 0) is 40.2 Å². The Kier molecular flexibility index (Phi) is 4.86. The highest BCUT2D eigenvalue weighted by Gasteiger charge is 2.14. The monoisotopic (exact) mass is 328 g/mol. The Morgan fingerprint density at radius 1 is 1.50 bits per heavy atom. The van der Waals surface area contributed by atoms with Crippen LogP contribution in [-0.2, 0) is 6.42 Å². The van der Waals surface area contributed by atoms with Gasteiger partial charge >= 0.3 is 0 Å². The molecule has 0 bridgehead atoms. The van der Waals surface area contributed by atoms with Crippen LogP contribution in [0, 0.1) is 5.82 Å². The second-order valence-corrected chi connectivity index (χ2v) is 5.75. The highest BCUT2D eigenvalue weighted by atomic mass is 79.9. The molecule has 18 heavy (non-hydrogen) atoms. The van der Waals surface area contributed by atoms with Crippen molar-refractivity contribution in [2.75, 3.05) is 6.54 Å². The lowest BCUT2D eigenvalue weighted by atomic mass is 10.0. The van der Waals surface area contributed by atoms with Crippen molar-refractivity contribution < 1.29 is 4.39 Å². The smallest absolute Gasteiger partial charge is 0.137 e. The number of likely N-dealkylation sites (N-methyl/N-ethyl adjacent to an activating group) is 1. The van der Waals surface area contributed by atoms with Crippen molar-refractivity contribution in [3.8, 4) is 0 Å². The maximum atomic E-state index is 13.2. The van der Waals surface area contributed by atoms with Crippen molar-refractivity contribution in [3.63, 3.8) is 0 Å². The molecule has 0 amide bonds. The summed E-state index contributed by atoms with van der Waals surface area (Å²) in [7, 11) is 0. The molecule has 0 aliphatic rings. The second-order valence-electron chi connectivity index (χ2n) is 3.91. The van der Waals surface area contributed by atoms with Crippen molar-refractivity contribution in [2.45, 2.75) is 19.4 Å². The van der Waals surface area contributed by atoms with E-state index in [4.69, 9.17) is 0 Å². The Balaban J connectivity index is 2.20. The van der Waals surface area contributed by atoms with E-state index in [1.165, 1.54) is 6.07 Å². The van der Waals surface area contributed by atoms with Crippen LogP contribution in [0.15, 0.2) is 34.2 Å². The van der Waals surface area contributed by atoms with Gasteiger partial charge in [0.2, 0.25) is 0 Å². The van der Waals surface area contributed by atoms with E-state index in [0.29, 0.717) is 4.47 Å². The molecule has 2 aromatic rings. The molecule has 1 atom stereocenters. The van der Waals surface area contributed by atoms with Crippen LogP contribution < -0.4 is 5.32 Å². The predicted molar refractivity (Wildman–Crippen MR) is 76.3 cm³/mol. The first kappa shape index (κ1) is 13.6. The lowest BCUT2D eigenvalue weighted by molar-refractivity contribution is 0.545. The molecule has 96 valence electrons. The topological polar surface area (TPSA) is 24.9 Å². The molecule has 2 rings (SSSR count). The van der Waals surface area contributed by atoms with Gasteiger partial charge in [0.25, 0.3) is 0 Å². The summed E-state index contributed by atoms with van der Waals surface area (Å²) in [5.41, 5.74) is 1.07. The molecule has 2 nitrogen and oxygen atoms in total. The summed E-state index contributed by atoms with van der Waals surface area (Å²) in [5, 5.41) is 6.46. The van der Waals surface area contributed by atoms with Gasteiger partial charge < -0.3 is 5.32 Å². The number of thiazole rings is 1. The summed E-state index contributed by atoms with van der Waals surface area (Å²) in [5.74, 6) is -0.233. The minimum Gasteiger partial charge on any atom is -0.310 e. The minimum atomic E-state index is -0.233. The van der Waals surface area contributed by atoms with Crippen molar-refractivity contribution >= 4 is 27.3 Å². The van der Waals surface area contributed by atoms with E-state index >= 15 is 0 Å². The number of benzene rings is 1. The van der Waals surface area contributed by atoms with E-state index in [-0.39, 0.29) is 11.9 Å². The number of halogens is 2. The number of nitrogens with one attached hydrogen (secondary N) is 1. The van der Waals surface area contributed by atoms with E-state index in [2.05, 4.69) is 33.2 Å². The maximum Gasteiger partial charge on any atom is 0.137 e. The Morgan fingerprint density at radius 2 is 2.33 bits per heavy atom. The highest BCUT2D eigenvalue weighted by molar-refractivity contribution is 9.10. The van der Waals surface area contributed by atoms with Crippen LogP contribution in [0.5, 0.6) is 0 Å². The average molecular weight is 329 g/mol. The zero-order chi connectivity index (χ0) is 13.0. The third-order valence-corrected chi connectivity index (χ3v) is 4.07. The molecule has 0 spiro atoms. The zero-order valence-corrected chi connectivity index (χ0v) is 12.4. The molecule has 0 saturated carbocycles. The number of aromatic nitrogens is 1. The molecule has 1 heterocycles. The third-order valence-electron chi connectivity index (χ3n) is 2.66. The Bertz CT molecular complexity index is 502. The lowest BCUT2D eigenvalue weighted by Gasteiger charge is -2.17. The normalized spacial score (nSPS) is 12.6. The first-order chi connectivity index (χ1) is 8.70. The van der Waals surface area contributed by atoms with Gasteiger partial charge in [-0.1, -0.05) is 13.0 Å². The molecule has 0 aliphatic heterocycles. The van der Waals surface area contributed by atoms with Crippen LogP contribution >= 0.6 is 27.3 Å². The van der Waals surface area contributed by atoms with E-state index in [1.807, 2.05) is 23.7 Å². The van der Waals surface area contributed by atoms with E-state index in [0.717, 1.165) is 23.5 Å². The van der Waals surface area contributed by atoms with Gasteiger partial charge in [-0.25, -0.2) is 9.37 Å². The van der Waals surface area contributed by atoms with Gasteiger partial charge in [0.1, 0.15) is 5.82 Å². The Morgan fingerprint density at radius 3 is 2.94 bits per heavy atom. The van der Waals surface area contributed by atoms with Crippen LogP contribution in [0.3, 0.4) is 0 Å². The standard InChI is InChI=1S/C13H14BrFN2S/c1-2-16-12(8-13-17-5-6-18-13)9-3-4-11(15)10(14)7-9/h3-7,12,16H,2,8H2,1H3. The highest BCUT2D eigenvalue weighted by Crippen LogP contribution is 2.24. The molecule has 1 unspecified atom stereocenters. The van der Waals surface area contributed by atoms with E-state index in [1.54, 1.807) is 11.3 Å². The van der Waals surface area contributed by atoms with Crippen LogP contribution in [0.2, 0.25) is 0 Å². The maximum absolute atomic E-state index is 13.2. The summed E-state index contributed by atoms with van der Waals surface area (Å²) >= 11 is 4.87. The zero-order valence-electron chi connectivity index (χ0n) is 9.99. The second kappa shape index (κ2) is 6.41. The number of nitrogens with zero attached hydrogens (tertiary/aromatic N) is 1. The van der Waals surface area contributed by atoms with Gasteiger partial charge in [-0.15, -0.1) is 11.3 Å². The van der Waals surface area contributed by atoms with Crippen molar-refractivity contribution in [1.29, 1.82) is 0 Å². The van der Waals surface area contributed by atoms with Gasteiger partial charge in [0.15, 0.2) is 0 Å². The molecule has 5 heteroatoms. The van der Waals surface area contributed by atoms with E-state index < -0.39 is 0 Å². The summed E-state index contributed by atoms with van der Waals surface area (Å²) in [6.07, 6.45) is 2.63. The quantitative estimate of drug-likeness (QED) is 0.899. The summed E-state index contributed by atoms with van der Waals surface area (Å²) in [6.45, 7) is 2.93. The molecule has 1 N–H and O–H groups in total. The third kappa shape index (κ3) is 3.37. The fourth-order valence-corrected chi connectivity index (χ4v) is 2.87. The number of hydrogen-bond donors (Lipinski definition) is 1. The Hall–Kier alpha value is -0.780. The SMILES string of the molecule is CCNC(Cc1nccs1)c1ccc(F)c(Br)c1. The molecule has 1 aromatic carbocycles. The molecule has 0 aliphatic carbocycles. The fraction of sp³-hybridized carbons (Fsp3) is 0.308. The van der Waals surface area contributed by atoms with Gasteiger partial charge in [0, 0.05) is 24.0 Å². The van der Waals surface area contributed by atoms with Crippen LogP contribution in [0.1, 0.15) is 23.5 Å². The van der Waals surface area contributed by atoms with Crippen LogP contribution in [0.25, 0.3) is 0 Å². The number of rotatable bonds is 5. The molecule has 0 radical (unpaired) electrons. The first-order valence-corrected chi connectivity index (χ1v) is 7.44.